The van der Waals surface area contributed by atoms with Crippen LogP contribution in [0.15, 0.2) is 6.07 Å². The molecule has 1 heterocycles. The van der Waals surface area contributed by atoms with Gasteiger partial charge in [0, 0.05) is 58.2 Å². The minimum Gasteiger partial charge on any atom is -0.463 e. The number of carbonyl (C=O) groups is 7. The van der Waals surface area contributed by atoms with E-state index in [1.165, 1.54) is 13.8 Å². The molecule has 1 aromatic carbocycles. The van der Waals surface area contributed by atoms with Gasteiger partial charge in [0.1, 0.15) is 25.4 Å². The summed E-state index contributed by atoms with van der Waals surface area (Å²) in [5.41, 5.74) is 2.51. The number of benzene rings is 1. The molecule has 15 nitrogen and oxygen atoms in total. The standard InChI is InChI=1S/C32H40O15/c1-14-11-23-26(27(39)15(2)28(23)43-18(5)35)24(12-41-16(3)33)22(14)9-10-40-32-31(46-21(8)38)30(45-20(7)37)29(44-19(6)36)25(47-32)13-42-17(4)34/h11,15,25,28-32H,9-10,12-13H2,1-8H3. The van der Waals surface area contributed by atoms with Crippen molar-refractivity contribution < 1.29 is 71.5 Å². The molecule has 3 rings (SSSR count). The fourth-order valence-corrected chi connectivity index (χ4v) is 5.73. The van der Waals surface area contributed by atoms with Crippen LogP contribution in [0.3, 0.4) is 0 Å². The molecule has 7 atom stereocenters. The van der Waals surface area contributed by atoms with Gasteiger partial charge in [-0.3, -0.25) is 33.6 Å². The zero-order chi connectivity index (χ0) is 35.2. The normalized spacial score (nSPS) is 24.9. The highest BCUT2D eigenvalue weighted by Gasteiger charge is 2.53. The molecule has 0 saturated carbocycles. The summed E-state index contributed by atoms with van der Waals surface area (Å²) in [5.74, 6) is -5.08. The van der Waals surface area contributed by atoms with Crippen molar-refractivity contribution in [2.75, 3.05) is 13.2 Å². The molecule has 1 aromatic rings. The summed E-state index contributed by atoms with van der Waals surface area (Å²) in [5, 5.41) is 0. The SMILES string of the molecule is CC(=O)OCc1c(CCOC2OC(COC(C)=O)C(OC(C)=O)C(OC(C)=O)C2OC(C)=O)c(C)cc2c1C(=O)C(C)C2OC(C)=O. The van der Waals surface area contributed by atoms with E-state index in [0.717, 1.165) is 27.7 Å². The molecule has 1 aliphatic carbocycles. The van der Waals surface area contributed by atoms with E-state index in [2.05, 4.69) is 0 Å². The molecule has 0 radical (unpaired) electrons. The zero-order valence-electron chi connectivity index (χ0n) is 27.6. The molecular weight excluding hydrogens is 624 g/mol. The van der Waals surface area contributed by atoms with Gasteiger partial charge in [-0.1, -0.05) is 13.0 Å². The first kappa shape index (κ1) is 37.1. The maximum absolute atomic E-state index is 13.4. The van der Waals surface area contributed by atoms with Crippen molar-refractivity contribution in [3.05, 3.63) is 33.9 Å². The Bertz CT molecular complexity index is 1420. The van der Waals surface area contributed by atoms with Gasteiger partial charge in [-0.05, 0) is 24.5 Å². The molecule has 2 aliphatic rings. The van der Waals surface area contributed by atoms with E-state index >= 15 is 0 Å². The van der Waals surface area contributed by atoms with Crippen LogP contribution in [0, 0.1) is 12.8 Å². The molecule has 0 N–H and O–H groups in total. The Morgan fingerprint density at radius 1 is 0.723 bits per heavy atom. The molecular formula is C32H40O15. The summed E-state index contributed by atoms with van der Waals surface area (Å²) >= 11 is 0. The van der Waals surface area contributed by atoms with Crippen LogP contribution in [0.25, 0.3) is 0 Å². The number of esters is 6. The highest BCUT2D eigenvalue weighted by atomic mass is 16.7. The van der Waals surface area contributed by atoms with Gasteiger partial charge in [-0.2, -0.15) is 0 Å². The third-order valence-corrected chi connectivity index (χ3v) is 7.52. The Hall–Kier alpha value is -4.37. The fourth-order valence-electron chi connectivity index (χ4n) is 5.73. The average molecular weight is 665 g/mol. The number of carbonyl (C=O) groups excluding carboxylic acids is 7. The number of ether oxygens (including phenoxy) is 8. The zero-order valence-corrected chi connectivity index (χ0v) is 27.6. The number of Topliss-reactive ketones (excluding diaryl/α,β-unsaturated/α-hetero) is 1. The van der Waals surface area contributed by atoms with Crippen molar-refractivity contribution in [3.8, 4) is 0 Å². The minimum atomic E-state index is -1.41. The molecule has 0 spiro atoms. The topological polar surface area (TPSA) is 193 Å². The van der Waals surface area contributed by atoms with Crippen molar-refractivity contribution in [1.82, 2.24) is 0 Å². The molecule has 1 fully saturated rings. The van der Waals surface area contributed by atoms with E-state index in [1.54, 1.807) is 19.9 Å². The van der Waals surface area contributed by atoms with E-state index in [1.807, 2.05) is 0 Å². The molecule has 1 saturated heterocycles. The number of hydrogen-bond donors (Lipinski definition) is 0. The van der Waals surface area contributed by atoms with E-state index in [0.29, 0.717) is 22.3 Å². The summed E-state index contributed by atoms with van der Waals surface area (Å²) in [6.07, 6.45) is -7.44. The van der Waals surface area contributed by atoms with Crippen molar-refractivity contribution in [2.24, 2.45) is 5.92 Å². The van der Waals surface area contributed by atoms with Crippen LogP contribution in [-0.2, 0) is 79.7 Å². The van der Waals surface area contributed by atoms with E-state index < -0.39 is 85.2 Å². The van der Waals surface area contributed by atoms with Gasteiger partial charge < -0.3 is 37.9 Å². The smallest absolute Gasteiger partial charge is 0.303 e. The van der Waals surface area contributed by atoms with Crippen LogP contribution in [0.5, 0.6) is 0 Å². The lowest BCUT2D eigenvalue weighted by atomic mass is 9.91. The molecule has 7 unspecified atom stereocenters. The quantitative estimate of drug-likeness (QED) is 0.233. The van der Waals surface area contributed by atoms with Crippen LogP contribution in [0.2, 0.25) is 0 Å². The van der Waals surface area contributed by atoms with Crippen molar-refractivity contribution in [1.29, 1.82) is 0 Å². The van der Waals surface area contributed by atoms with Gasteiger partial charge in [0.05, 0.1) is 12.5 Å². The molecule has 1 aliphatic heterocycles. The van der Waals surface area contributed by atoms with Crippen LogP contribution >= 0.6 is 0 Å². The summed E-state index contributed by atoms with van der Waals surface area (Å²) in [6, 6.07) is 1.74. The predicted molar refractivity (Wildman–Crippen MR) is 156 cm³/mol. The summed E-state index contributed by atoms with van der Waals surface area (Å²) < 4.78 is 44.2. The number of hydrogen-bond acceptors (Lipinski definition) is 15. The number of ketones is 1. The Kier molecular flexibility index (Phi) is 12.6. The number of aryl methyl sites for hydroxylation is 1. The predicted octanol–water partition coefficient (Wildman–Crippen LogP) is 2.14. The van der Waals surface area contributed by atoms with Crippen molar-refractivity contribution in [3.63, 3.8) is 0 Å². The Labute approximate surface area is 271 Å². The minimum absolute atomic E-state index is 0.127. The molecule has 0 amide bonds. The Balaban J connectivity index is 1.99. The lowest BCUT2D eigenvalue weighted by Crippen LogP contribution is -2.63. The first-order chi connectivity index (χ1) is 22.0. The van der Waals surface area contributed by atoms with Gasteiger partial charge in [0.2, 0.25) is 0 Å². The monoisotopic (exact) mass is 664 g/mol. The molecule has 15 heteroatoms. The molecule has 47 heavy (non-hydrogen) atoms. The van der Waals surface area contributed by atoms with Gasteiger partial charge >= 0.3 is 35.8 Å². The van der Waals surface area contributed by atoms with Crippen molar-refractivity contribution >= 4 is 41.6 Å². The number of rotatable bonds is 12. The maximum Gasteiger partial charge on any atom is 0.303 e. The lowest BCUT2D eigenvalue weighted by Gasteiger charge is -2.44. The third-order valence-electron chi connectivity index (χ3n) is 7.52. The highest BCUT2D eigenvalue weighted by Crippen LogP contribution is 2.43. The Morgan fingerprint density at radius 3 is 1.83 bits per heavy atom. The third kappa shape index (κ3) is 9.35. The van der Waals surface area contributed by atoms with Crippen LogP contribution in [0.4, 0.5) is 0 Å². The summed E-state index contributed by atoms with van der Waals surface area (Å²) in [4.78, 5) is 84.8. The second-order valence-electron chi connectivity index (χ2n) is 11.3. The van der Waals surface area contributed by atoms with E-state index in [9.17, 15) is 33.6 Å². The molecule has 0 bridgehead atoms. The lowest BCUT2D eigenvalue weighted by molar-refractivity contribution is -0.307. The molecule has 258 valence electrons. The van der Waals surface area contributed by atoms with Crippen molar-refractivity contribution in [2.45, 2.75) is 105 Å². The maximum atomic E-state index is 13.4. The first-order valence-corrected chi connectivity index (χ1v) is 14.9. The average Bonchev–Trinajstić information content (AvgIpc) is 3.17. The largest absolute Gasteiger partial charge is 0.463 e. The fraction of sp³-hybridized carbons (Fsp3) is 0.594. The second kappa shape index (κ2) is 16.0. The Morgan fingerprint density at radius 2 is 1.28 bits per heavy atom. The van der Waals surface area contributed by atoms with E-state index in [4.69, 9.17) is 37.9 Å². The van der Waals surface area contributed by atoms with Crippen LogP contribution in [-0.4, -0.2) is 85.5 Å². The van der Waals surface area contributed by atoms with Crippen LogP contribution in [0.1, 0.15) is 87.2 Å². The molecule has 0 aromatic heterocycles. The van der Waals surface area contributed by atoms with Gasteiger partial charge in [0.15, 0.2) is 30.4 Å². The van der Waals surface area contributed by atoms with Gasteiger partial charge in [-0.25, -0.2) is 0 Å². The second-order valence-corrected chi connectivity index (χ2v) is 11.3. The summed E-state index contributed by atoms with van der Waals surface area (Å²) in [6.45, 7) is 9.62. The summed E-state index contributed by atoms with van der Waals surface area (Å²) in [7, 11) is 0. The number of fused-ring (bicyclic) bond motifs is 1. The van der Waals surface area contributed by atoms with E-state index in [-0.39, 0.29) is 31.0 Å². The highest BCUT2D eigenvalue weighted by molar-refractivity contribution is 6.04. The van der Waals surface area contributed by atoms with Gasteiger partial charge in [0.25, 0.3) is 0 Å². The first-order valence-electron chi connectivity index (χ1n) is 14.9. The van der Waals surface area contributed by atoms with Crippen LogP contribution < -0.4 is 0 Å². The van der Waals surface area contributed by atoms with Gasteiger partial charge in [-0.15, -0.1) is 0 Å².